The molecule has 4 heteroatoms. The molecule has 0 aliphatic rings. The third-order valence-corrected chi connectivity index (χ3v) is 1.85. The van der Waals surface area contributed by atoms with Crippen LogP contribution in [0.4, 0.5) is 5.82 Å². The molecular weight excluding hydrogens is 176 g/mol. The zero-order valence-corrected chi connectivity index (χ0v) is 8.63. The Morgan fingerprint density at radius 3 is 2.79 bits per heavy atom. The Balaban J connectivity index is 2.46. The molecule has 2 heterocycles. The first kappa shape index (κ1) is 8.99. The van der Waals surface area contributed by atoms with Gasteiger partial charge in [0.05, 0.1) is 5.39 Å². The molecule has 0 bridgehead atoms. The van der Waals surface area contributed by atoms with E-state index in [1.54, 1.807) is 6.33 Å². The van der Waals surface area contributed by atoms with Crippen LogP contribution in [0.25, 0.3) is 11.0 Å². The summed E-state index contributed by atoms with van der Waals surface area (Å²) in [7, 11) is 0. The Morgan fingerprint density at radius 1 is 1.29 bits per heavy atom. The molecular formula is C10H14N4. The smallest absolute Gasteiger partial charge is 0.142 e. The Kier molecular flexibility index (Phi) is 1.91. The van der Waals surface area contributed by atoms with E-state index in [2.05, 4.69) is 41.0 Å². The molecule has 0 atom stereocenters. The molecule has 0 amide bonds. The highest BCUT2D eigenvalue weighted by atomic mass is 15.1. The van der Waals surface area contributed by atoms with E-state index in [-0.39, 0.29) is 5.54 Å². The molecule has 0 aromatic carbocycles. The van der Waals surface area contributed by atoms with Gasteiger partial charge in [0.15, 0.2) is 0 Å². The summed E-state index contributed by atoms with van der Waals surface area (Å²) < 4.78 is 0. The first-order valence-electron chi connectivity index (χ1n) is 4.62. The minimum absolute atomic E-state index is 0.0125. The molecule has 0 fully saturated rings. The molecule has 0 unspecified atom stereocenters. The molecule has 2 aromatic rings. The molecule has 0 saturated heterocycles. The first-order chi connectivity index (χ1) is 6.56. The van der Waals surface area contributed by atoms with Crippen molar-refractivity contribution >= 4 is 16.9 Å². The summed E-state index contributed by atoms with van der Waals surface area (Å²) in [6, 6.07) is 1.98. The normalized spacial score (nSPS) is 11.9. The van der Waals surface area contributed by atoms with Crippen LogP contribution in [0.2, 0.25) is 0 Å². The van der Waals surface area contributed by atoms with E-state index in [0.717, 1.165) is 16.9 Å². The van der Waals surface area contributed by atoms with Crippen molar-refractivity contribution in [1.82, 2.24) is 15.0 Å². The Labute approximate surface area is 82.8 Å². The molecule has 74 valence electrons. The van der Waals surface area contributed by atoms with Gasteiger partial charge in [-0.25, -0.2) is 9.97 Å². The highest BCUT2D eigenvalue weighted by molar-refractivity contribution is 5.86. The van der Waals surface area contributed by atoms with Gasteiger partial charge in [0.25, 0.3) is 0 Å². The Morgan fingerprint density at radius 2 is 2.07 bits per heavy atom. The zero-order chi connectivity index (χ0) is 10.2. The lowest BCUT2D eigenvalue weighted by molar-refractivity contribution is 0.631. The van der Waals surface area contributed by atoms with Crippen LogP contribution in [0.3, 0.4) is 0 Å². The summed E-state index contributed by atoms with van der Waals surface area (Å²) in [6.07, 6.45) is 3.43. The number of H-pyrrole nitrogens is 1. The third-order valence-electron chi connectivity index (χ3n) is 1.85. The standard InChI is InChI=1S/C10H14N4/c1-10(2,3)14-9-7-4-5-11-8(7)12-6-13-9/h4-6H,1-3H3,(H2,11,12,13,14). The van der Waals surface area contributed by atoms with Gasteiger partial charge in [-0.15, -0.1) is 0 Å². The summed E-state index contributed by atoms with van der Waals surface area (Å²) in [5.74, 6) is 0.878. The number of aromatic nitrogens is 3. The van der Waals surface area contributed by atoms with Crippen LogP contribution in [-0.2, 0) is 0 Å². The zero-order valence-electron chi connectivity index (χ0n) is 8.63. The highest BCUT2D eigenvalue weighted by Gasteiger charge is 2.12. The van der Waals surface area contributed by atoms with Crippen LogP contribution in [-0.4, -0.2) is 20.5 Å². The van der Waals surface area contributed by atoms with Gasteiger partial charge in [-0.3, -0.25) is 0 Å². The Hall–Kier alpha value is -1.58. The van der Waals surface area contributed by atoms with Crippen LogP contribution < -0.4 is 5.32 Å². The molecule has 0 saturated carbocycles. The number of anilines is 1. The maximum Gasteiger partial charge on any atom is 0.142 e. The van der Waals surface area contributed by atoms with Crippen molar-refractivity contribution in [2.45, 2.75) is 26.3 Å². The molecule has 0 spiro atoms. The fraction of sp³-hybridized carbons (Fsp3) is 0.400. The van der Waals surface area contributed by atoms with Gasteiger partial charge in [0, 0.05) is 11.7 Å². The van der Waals surface area contributed by atoms with E-state index in [4.69, 9.17) is 0 Å². The quantitative estimate of drug-likeness (QED) is 0.724. The average Bonchev–Trinajstić information content (AvgIpc) is 2.49. The van der Waals surface area contributed by atoms with Gasteiger partial charge < -0.3 is 10.3 Å². The van der Waals surface area contributed by atoms with Gasteiger partial charge in [-0.05, 0) is 26.8 Å². The lowest BCUT2D eigenvalue weighted by Gasteiger charge is -2.21. The number of fused-ring (bicyclic) bond motifs is 1. The van der Waals surface area contributed by atoms with Crippen LogP contribution in [0, 0.1) is 0 Å². The number of rotatable bonds is 1. The minimum Gasteiger partial charge on any atom is -0.365 e. The summed E-state index contributed by atoms with van der Waals surface area (Å²) in [5, 5.41) is 4.37. The summed E-state index contributed by atoms with van der Waals surface area (Å²) >= 11 is 0. The molecule has 4 nitrogen and oxygen atoms in total. The molecule has 0 radical (unpaired) electrons. The summed E-state index contributed by atoms with van der Waals surface area (Å²) in [4.78, 5) is 11.4. The van der Waals surface area contributed by atoms with Crippen molar-refractivity contribution in [2.75, 3.05) is 5.32 Å². The molecule has 2 rings (SSSR count). The number of nitrogens with zero attached hydrogens (tertiary/aromatic N) is 2. The van der Waals surface area contributed by atoms with Gasteiger partial charge in [0.1, 0.15) is 17.8 Å². The number of hydrogen-bond donors (Lipinski definition) is 2. The van der Waals surface area contributed by atoms with E-state index >= 15 is 0 Å². The van der Waals surface area contributed by atoms with E-state index in [1.807, 2.05) is 12.3 Å². The van der Waals surface area contributed by atoms with Crippen molar-refractivity contribution in [3.05, 3.63) is 18.6 Å². The summed E-state index contributed by atoms with van der Waals surface area (Å²) in [6.45, 7) is 6.31. The van der Waals surface area contributed by atoms with Crippen LogP contribution in [0.5, 0.6) is 0 Å². The minimum atomic E-state index is 0.0125. The second-order valence-corrected chi connectivity index (χ2v) is 4.34. The van der Waals surface area contributed by atoms with E-state index < -0.39 is 0 Å². The topological polar surface area (TPSA) is 53.6 Å². The van der Waals surface area contributed by atoms with Crippen molar-refractivity contribution < 1.29 is 0 Å². The highest BCUT2D eigenvalue weighted by Crippen LogP contribution is 2.20. The fourth-order valence-corrected chi connectivity index (χ4v) is 1.33. The van der Waals surface area contributed by atoms with E-state index in [1.165, 1.54) is 0 Å². The van der Waals surface area contributed by atoms with Gasteiger partial charge >= 0.3 is 0 Å². The molecule has 14 heavy (non-hydrogen) atoms. The molecule has 0 aliphatic carbocycles. The number of nitrogens with one attached hydrogen (secondary N) is 2. The van der Waals surface area contributed by atoms with Gasteiger partial charge in [0.2, 0.25) is 0 Å². The second kappa shape index (κ2) is 2.97. The van der Waals surface area contributed by atoms with Gasteiger partial charge in [-0.1, -0.05) is 0 Å². The SMILES string of the molecule is CC(C)(C)Nc1ncnc2[nH]ccc12. The predicted octanol–water partition coefficient (Wildman–Crippen LogP) is 2.17. The first-order valence-corrected chi connectivity index (χ1v) is 4.62. The van der Waals surface area contributed by atoms with Crippen molar-refractivity contribution in [3.8, 4) is 0 Å². The van der Waals surface area contributed by atoms with Crippen LogP contribution >= 0.6 is 0 Å². The second-order valence-electron chi connectivity index (χ2n) is 4.34. The van der Waals surface area contributed by atoms with Crippen molar-refractivity contribution in [3.63, 3.8) is 0 Å². The monoisotopic (exact) mass is 190 g/mol. The fourth-order valence-electron chi connectivity index (χ4n) is 1.33. The van der Waals surface area contributed by atoms with Crippen molar-refractivity contribution in [2.24, 2.45) is 0 Å². The molecule has 0 aliphatic heterocycles. The third kappa shape index (κ3) is 1.69. The lowest BCUT2D eigenvalue weighted by Crippen LogP contribution is -2.26. The van der Waals surface area contributed by atoms with E-state index in [9.17, 15) is 0 Å². The van der Waals surface area contributed by atoms with E-state index in [0.29, 0.717) is 0 Å². The van der Waals surface area contributed by atoms with Gasteiger partial charge in [-0.2, -0.15) is 0 Å². The van der Waals surface area contributed by atoms with Crippen LogP contribution in [0.1, 0.15) is 20.8 Å². The Bertz CT molecular complexity index is 439. The predicted molar refractivity (Wildman–Crippen MR) is 57.3 cm³/mol. The number of aromatic amines is 1. The number of hydrogen-bond acceptors (Lipinski definition) is 3. The van der Waals surface area contributed by atoms with Crippen LogP contribution in [0.15, 0.2) is 18.6 Å². The largest absolute Gasteiger partial charge is 0.365 e. The summed E-state index contributed by atoms with van der Waals surface area (Å²) in [5.41, 5.74) is 0.880. The maximum atomic E-state index is 4.22. The van der Waals surface area contributed by atoms with Crippen molar-refractivity contribution in [1.29, 1.82) is 0 Å². The molecule has 2 N–H and O–H groups in total. The molecule has 2 aromatic heterocycles. The average molecular weight is 190 g/mol. The lowest BCUT2D eigenvalue weighted by atomic mass is 10.1. The maximum absolute atomic E-state index is 4.22.